The van der Waals surface area contributed by atoms with Gasteiger partial charge in [-0.3, -0.25) is 4.98 Å². The Morgan fingerprint density at radius 1 is 0.938 bits per heavy atom. The maximum Gasteiger partial charge on any atom is 0.151 e. The molecule has 3 aromatic rings. The molecule has 2 aliphatic heterocycles. The van der Waals surface area contributed by atoms with E-state index in [0.29, 0.717) is 17.3 Å². The van der Waals surface area contributed by atoms with Crippen LogP contribution in [-0.4, -0.2) is 44.5 Å². The standard InChI is InChI=1S/C26H31N5O/c1-25-11-4-12-26(2,30-25)17-20(16-25)31(3)24-8-7-22(28-29-24)21-6-5-19(15-23(21)32)18-9-13-27-14-10-18/h5-10,13-15,20,30,32H,4,11-12,16-17H2,1-3H3/t20?,25-,26+. The normalized spacial score (nSPS) is 27.2. The van der Waals surface area contributed by atoms with E-state index < -0.39 is 0 Å². The molecule has 2 saturated heterocycles. The van der Waals surface area contributed by atoms with Crippen molar-refractivity contribution in [3.63, 3.8) is 0 Å². The van der Waals surface area contributed by atoms with E-state index in [4.69, 9.17) is 0 Å². The van der Waals surface area contributed by atoms with E-state index in [-0.39, 0.29) is 16.8 Å². The number of aromatic hydroxyl groups is 1. The summed E-state index contributed by atoms with van der Waals surface area (Å²) >= 11 is 0. The second-order valence-electron chi connectivity index (χ2n) is 10.0. The van der Waals surface area contributed by atoms with Crippen LogP contribution in [0.3, 0.4) is 0 Å². The van der Waals surface area contributed by atoms with Gasteiger partial charge in [0.05, 0.1) is 5.69 Å². The summed E-state index contributed by atoms with van der Waals surface area (Å²) in [7, 11) is 2.13. The minimum atomic E-state index is 0.194. The molecule has 0 spiro atoms. The lowest BCUT2D eigenvalue weighted by Crippen LogP contribution is -2.66. The van der Waals surface area contributed by atoms with E-state index in [9.17, 15) is 5.11 Å². The highest BCUT2D eigenvalue weighted by Gasteiger charge is 2.46. The largest absolute Gasteiger partial charge is 0.507 e. The minimum Gasteiger partial charge on any atom is -0.507 e. The summed E-state index contributed by atoms with van der Waals surface area (Å²) in [5, 5.41) is 23.5. The number of piperidine rings is 2. The summed E-state index contributed by atoms with van der Waals surface area (Å²) in [6.45, 7) is 4.72. The summed E-state index contributed by atoms with van der Waals surface area (Å²) in [5.74, 6) is 1.07. The first-order valence-corrected chi connectivity index (χ1v) is 11.4. The summed E-state index contributed by atoms with van der Waals surface area (Å²) < 4.78 is 0. The molecule has 1 unspecified atom stereocenters. The lowest BCUT2D eigenvalue weighted by Gasteiger charge is -2.55. The summed E-state index contributed by atoms with van der Waals surface area (Å²) in [6.07, 6.45) is 9.47. The number of fused-ring (bicyclic) bond motifs is 2. The van der Waals surface area contributed by atoms with Gasteiger partial charge in [0.1, 0.15) is 5.75 Å². The fourth-order valence-electron chi connectivity index (χ4n) is 5.73. The zero-order valence-corrected chi connectivity index (χ0v) is 19.0. The van der Waals surface area contributed by atoms with Crippen LogP contribution in [0.2, 0.25) is 0 Å². The highest BCUT2D eigenvalue weighted by Crippen LogP contribution is 2.42. The van der Waals surface area contributed by atoms with Crippen LogP contribution in [0.5, 0.6) is 5.75 Å². The van der Waals surface area contributed by atoms with Crippen molar-refractivity contribution in [3.8, 4) is 28.1 Å². The minimum absolute atomic E-state index is 0.194. The first kappa shape index (κ1) is 20.9. The molecule has 3 atom stereocenters. The van der Waals surface area contributed by atoms with Gasteiger partial charge in [0, 0.05) is 42.1 Å². The fraction of sp³-hybridized carbons (Fsp3) is 0.423. The molecule has 32 heavy (non-hydrogen) atoms. The smallest absolute Gasteiger partial charge is 0.151 e. The quantitative estimate of drug-likeness (QED) is 0.621. The molecule has 2 aliphatic rings. The number of rotatable bonds is 4. The van der Waals surface area contributed by atoms with Gasteiger partial charge in [-0.15, -0.1) is 10.2 Å². The number of benzene rings is 1. The Balaban J connectivity index is 1.35. The monoisotopic (exact) mass is 429 g/mol. The van der Waals surface area contributed by atoms with Crippen LogP contribution < -0.4 is 10.2 Å². The SMILES string of the molecule is CN(c1ccc(-c2ccc(-c3ccncc3)cc2O)nn1)C1C[C@]2(C)CCC[C@](C)(C1)N2. The summed E-state index contributed by atoms with van der Waals surface area (Å²) in [6, 6.07) is 13.9. The molecule has 0 radical (unpaired) electrons. The van der Waals surface area contributed by atoms with Crippen LogP contribution >= 0.6 is 0 Å². The Morgan fingerprint density at radius 2 is 1.66 bits per heavy atom. The maximum atomic E-state index is 10.6. The first-order valence-electron chi connectivity index (χ1n) is 11.4. The predicted octanol–water partition coefficient (Wildman–Crippen LogP) is 4.80. The number of hydrogen-bond donors (Lipinski definition) is 2. The van der Waals surface area contributed by atoms with Crippen molar-refractivity contribution in [2.45, 2.75) is 63.1 Å². The molecule has 4 heterocycles. The van der Waals surface area contributed by atoms with Gasteiger partial charge in [-0.25, -0.2) is 0 Å². The topological polar surface area (TPSA) is 74.2 Å². The summed E-state index contributed by atoms with van der Waals surface area (Å²) in [5.41, 5.74) is 3.69. The molecule has 6 nitrogen and oxygen atoms in total. The molecule has 166 valence electrons. The van der Waals surface area contributed by atoms with Crippen LogP contribution in [0.25, 0.3) is 22.4 Å². The number of anilines is 1. The molecule has 5 rings (SSSR count). The fourth-order valence-corrected chi connectivity index (χ4v) is 5.73. The molecular formula is C26H31N5O. The Morgan fingerprint density at radius 3 is 2.28 bits per heavy atom. The first-order chi connectivity index (χ1) is 15.3. The number of pyridine rings is 1. The average molecular weight is 430 g/mol. The van der Waals surface area contributed by atoms with Crippen LogP contribution in [0.15, 0.2) is 54.9 Å². The zero-order valence-electron chi connectivity index (χ0n) is 19.0. The molecule has 0 amide bonds. The van der Waals surface area contributed by atoms with Crippen molar-refractivity contribution in [3.05, 3.63) is 54.9 Å². The van der Waals surface area contributed by atoms with Crippen molar-refractivity contribution in [1.82, 2.24) is 20.5 Å². The van der Waals surface area contributed by atoms with E-state index >= 15 is 0 Å². The van der Waals surface area contributed by atoms with Crippen molar-refractivity contribution in [2.75, 3.05) is 11.9 Å². The molecule has 0 aliphatic carbocycles. The number of aromatic nitrogens is 3. The Kier molecular flexibility index (Phi) is 5.13. The van der Waals surface area contributed by atoms with E-state index in [0.717, 1.165) is 29.8 Å². The van der Waals surface area contributed by atoms with E-state index in [1.165, 1.54) is 19.3 Å². The van der Waals surface area contributed by atoms with Crippen molar-refractivity contribution in [2.24, 2.45) is 0 Å². The van der Waals surface area contributed by atoms with Gasteiger partial charge in [-0.05, 0) is 93.5 Å². The molecule has 2 fully saturated rings. The van der Waals surface area contributed by atoms with Gasteiger partial charge in [0.2, 0.25) is 0 Å². The molecule has 0 saturated carbocycles. The predicted molar refractivity (Wildman–Crippen MR) is 128 cm³/mol. The number of phenolic OH excluding ortho intramolecular Hbond substituents is 1. The number of nitrogens with one attached hydrogen (secondary N) is 1. The van der Waals surface area contributed by atoms with Gasteiger partial charge in [0.15, 0.2) is 5.82 Å². The van der Waals surface area contributed by atoms with Gasteiger partial charge < -0.3 is 15.3 Å². The van der Waals surface area contributed by atoms with E-state index in [1.807, 2.05) is 36.4 Å². The van der Waals surface area contributed by atoms with Gasteiger partial charge in [-0.2, -0.15) is 0 Å². The molecule has 2 N–H and O–H groups in total. The second kappa shape index (κ2) is 7.85. The molecular weight excluding hydrogens is 398 g/mol. The average Bonchev–Trinajstić information content (AvgIpc) is 2.78. The number of hydrogen-bond acceptors (Lipinski definition) is 6. The third-order valence-corrected chi connectivity index (χ3v) is 7.28. The lowest BCUT2D eigenvalue weighted by atomic mass is 9.69. The van der Waals surface area contributed by atoms with E-state index in [2.05, 4.69) is 46.3 Å². The van der Waals surface area contributed by atoms with Gasteiger partial charge in [-0.1, -0.05) is 6.07 Å². The van der Waals surface area contributed by atoms with Crippen molar-refractivity contribution < 1.29 is 5.11 Å². The third kappa shape index (κ3) is 3.95. The molecule has 1 aromatic carbocycles. The van der Waals surface area contributed by atoms with Crippen LogP contribution in [0.4, 0.5) is 5.82 Å². The zero-order chi connectivity index (χ0) is 22.3. The van der Waals surface area contributed by atoms with Crippen molar-refractivity contribution in [1.29, 1.82) is 0 Å². The van der Waals surface area contributed by atoms with Gasteiger partial charge >= 0.3 is 0 Å². The number of phenols is 1. The Hall–Kier alpha value is -2.99. The van der Waals surface area contributed by atoms with Crippen LogP contribution in [0, 0.1) is 0 Å². The van der Waals surface area contributed by atoms with Gasteiger partial charge in [0.25, 0.3) is 0 Å². The van der Waals surface area contributed by atoms with E-state index in [1.54, 1.807) is 18.5 Å². The van der Waals surface area contributed by atoms with Crippen molar-refractivity contribution >= 4 is 5.82 Å². The third-order valence-electron chi connectivity index (χ3n) is 7.28. The highest BCUT2D eigenvalue weighted by atomic mass is 16.3. The van der Waals surface area contributed by atoms with Crippen LogP contribution in [0.1, 0.15) is 46.0 Å². The Labute approximate surface area is 189 Å². The molecule has 2 bridgehead atoms. The highest BCUT2D eigenvalue weighted by molar-refractivity contribution is 5.74. The molecule has 2 aromatic heterocycles. The summed E-state index contributed by atoms with van der Waals surface area (Å²) in [4.78, 5) is 6.33. The lowest BCUT2D eigenvalue weighted by molar-refractivity contribution is 0.0784. The second-order valence-corrected chi connectivity index (χ2v) is 10.0. The Bertz CT molecular complexity index is 1080. The van der Waals surface area contributed by atoms with Crippen LogP contribution in [-0.2, 0) is 0 Å². The maximum absolute atomic E-state index is 10.6. The number of nitrogens with zero attached hydrogens (tertiary/aromatic N) is 4. The molecule has 6 heteroatoms.